The molecule has 2 heterocycles. The van der Waals surface area contributed by atoms with Crippen LogP contribution in [0.2, 0.25) is 5.02 Å². The number of hydrogen-bond donors (Lipinski definition) is 2. The molecule has 0 aliphatic heterocycles. The number of amides is 1. The van der Waals surface area contributed by atoms with Gasteiger partial charge in [-0.05, 0) is 30.3 Å². The molecule has 4 rings (SSSR count). The average molecular weight is 355 g/mol. The summed E-state index contributed by atoms with van der Waals surface area (Å²) < 4.78 is 0.811. The molecule has 0 spiro atoms. The maximum atomic E-state index is 12.5. The normalized spacial score (nSPS) is 11.0. The zero-order chi connectivity index (χ0) is 16.7. The number of H-pyrrole nitrogens is 1. The van der Waals surface area contributed by atoms with Crippen LogP contribution in [0.25, 0.3) is 21.0 Å². The molecule has 0 fully saturated rings. The molecule has 0 saturated heterocycles. The minimum absolute atomic E-state index is 0.193. The van der Waals surface area contributed by atoms with Gasteiger partial charge in [-0.2, -0.15) is 0 Å². The summed E-state index contributed by atoms with van der Waals surface area (Å²) >= 11 is 7.24. The highest BCUT2D eigenvalue weighted by atomic mass is 35.5. The molecular formula is C18H11ClN2O2S. The van der Waals surface area contributed by atoms with Crippen LogP contribution in [0.4, 0.5) is 5.69 Å². The number of aromatic nitrogens is 1. The van der Waals surface area contributed by atoms with Gasteiger partial charge in [0.2, 0.25) is 0 Å². The lowest BCUT2D eigenvalue weighted by Crippen LogP contribution is -2.10. The Kier molecular flexibility index (Phi) is 3.59. The van der Waals surface area contributed by atoms with Crippen molar-refractivity contribution in [1.29, 1.82) is 0 Å². The Balaban J connectivity index is 1.80. The van der Waals surface area contributed by atoms with Crippen LogP contribution < -0.4 is 10.9 Å². The lowest BCUT2D eigenvalue weighted by Gasteiger charge is -2.03. The van der Waals surface area contributed by atoms with Gasteiger partial charge in [-0.3, -0.25) is 9.59 Å². The lowest BCUT2D eigenvalue weighted by molar-refractivity contribution is 0.103. The van der Waals surface area contributed by atoms with E-state index in [9.17, 15) is 9.59 Å². The zero-order valence-corrected chi connectivity index (χ0v) is 13.9. The summed E-state index contributed by atoms with van der Waals surface area (Å²) in [5.74, 6) is -0.262. The van der Waals surface area contributed by atoms with Crippen molar-refractivity contribution in [3.05, 3.63) is 74.9 Å². The maximum absolute atomic E-state index is 12.5. The molecule has 0 radical (unpaired) electrons. The first-order valence-corrected chi connectivity index (χ1v) is 8.43. The molecule has 0 unspecified atom stereocenters. The third-order valence-electron chi connectivity index (χ3n) is 3.70. The van der Waals surface area contributed by atoms with E-state index in [0.29, 0.717) is 21.0 Å². The van der Waals surface area contributed by atoms with E-state index in [4.69, 9.17) is 11.6 Å². The van der Waals surface area contributed by atoms with Crippen molar-refractivity contribution in [3.63, 3.8) is 0 Å². The fraction of sp³-hybridized carbons (Fsp3) is 0. The van der Waals surface area contributed by atoms with E-state index in [1.165, 1.54) is 11.3 Å². The summed E-state index contributed by atoms with van der Waals surface area (Å²) in [6, 6.07) is 16.1. The number of pyridine rings is 1. The quantitative estimate of drug-likeness (QED) is 0.550. The van der Waals surface area contributed by atoms with Crippen LogP contribution in [-0.4, -0.2) is 10.9 Å². The van der Waals surface area contributed by atoms with E-state index in [1.54, 1.807) is 30.3 Å². The topological polar surface area (TPSA) is 62.0 Å². The molecule has 2 N–H and O–H groups in total. The number of thiophene rings is 1. The van der Waals surface area contributed by atoms with E-state index in [2.05, 4.69) is 10.3 Å². The highest BCUT2D eigenvalue weighted by Gasteiger charge is 2.15. The van der Waals surface area contributed by atoms with E-state index in [-0.39, 0.29) is 11.5 Å². The molecule has 118 valence electrons. The highest BCUT2D eigenvalue weighted by Crippen LogP contribution is 2.30. The van der Waals surface area contributed by atoms with E-state index < -0.39 is 0 Å². The number of benzene rings is 2. The van der Waals surface area contributed by atoms with Crippen molar-refractivity contribution < 1.29 is 4.79 Å². The summed E-state index contributed by atoms with van der Waals surface area (Å²) in [7, 11) is 0. The number of rotatable bonds is 2. The Hall–Kier alpha value is -2.63. The Bertz CT molecular complexity index is 1150. The first-order valence-electron chi connectivity index (χ1n) is 7.23. The number of carbonyl (C=O) groups is 1. The number of carbonyl (C=O) groups excluding carboxylic acids is 1. The lowest BCUT2D eigenvalue weighted by atomic mass is 10.2. The van der Waals surface area contributed by atoms with Crippen molar-refractivity contribution in [3.8, 4) is 0 Å². The second kappa shape index (κ2) is 5.78. The Morgan fingerprint density at radius 3 is 2.71 bits per heavy atom. The van der Waals surface area contributed by atoms with Gasteiger partial charge in [0, 0.05) is 26.3 Å². The second-order valence-electron chi connectivity index (χ2n) is 5.32. The Labute approximate surface area is 145 Å². The first kappa shape index (κ1) is 14.9. The van der Waals surface area contributed by atoms with Crippen molar-refractivity contribution in [2.45, 2.75) is 0 Å². The van der Waals surface area contributed by atoms with Gasteiger partial charge in [0.05, 0.1) is 10.3 Å². The van der Waals surface area contributed by atoms with Crippen LogP contribution in [0.3, 0.4) is 0 Å². The fourth-order valence-electron chi connectivity index (χ4n) is 2.61. The van der Waals surface area contributed by atoms with E-state index >= 15 is 0 Å². The summed E-state index contributed by atoms with van der Waals surface area (Å²) in [6.07, 6.45) is 0. The third kappa shape index (κ3) is 2.58. The fourth-order valence-corrected chi connectivity index (χ4v) is 3.89. The van der Waals surface area contributed by atoms with Gasteiger partial charge in [-0.15, -0.1) is 11.3 Å². The van der Waals surface area contributed by atoms with Gasteiger partial charge < -0.3 is 10.3 Å². The third-order valence-corrected chi connectivity index (χ3v) is 5.11. The maximum Gasteiger partial charge on any atom is 0.265 e. The van der Waals surface area contributed by atoms with E-state index in [1.807, 2.05) is 24.3 Å². The van der Waals surface area contributed by atoms with Gasteiger partial charge in [-0.1, -0.05) is 35.9 Å². The smallest absolute Gasteiger partial charge is 0.265 e. The van der Waals surface area contributed by atoms with Gasteiger partial charge in [0.25, 0.3) is 11.5 Å². The number of halogens is 1. The number of nitrogens with one attached hydrogen (secondary N) is 2. The zero-order valence-electron chi connectivity index (χ0n) is 12.3. The van der Waals surface area contributed by atoms with Crippen LogP contribution in [0.5, 0.6) is 0 Å². The number of aromatic amines is 1. The molecule has 4 aromatic rings. The van der Waals surface area contributed by atoms with Crippen LogP contribution >= 0.6 is 22.9 Å². The molecule has 0 bridgehead atoms. The minimum Gasteiger partial charge on any atom is -0.321 e. The summed E-state index contributed by atoms with van der Waals surface area (Å²) in [6.45, 7) is 0. The molecular weight excluding hydrogens is 344 g/mol. The Morgan fingerprint density at radius 1 is 1.04 bits per heavy atom. The van der Waals surface area contributed by atoms with Crippen LogP contribution in [0, 0.1) is 0 Å². The number of anilines is 1. The van der Waals surface area contributed by atoms with Crippen molar-refractivity contribution in [2.24, 2.45) is 0 Å². The molecule has 0 atom stereocenters. The minimum atomic E-state index is -0.262. The molecule has 0 aliphatic rings. The largest absolute Gasteiger partial charge is 0.321 e. The first-order chi connectivity index (χ1) is 11.6. The van der Waals surface area contributed by atoms with Gasteiger partial charge in [0.15, 0.2) is 0 Å². The molecule has 0 aliphatic carbocycles. The number of para-hydroxylation sites is 1. The summed E-state index contributed by atoms with van der Waals surface area (Å²) in [5, 5.41) is 4.80. The molecule has 2 aromatic carbocycles. The predicted octanol–water partition coefficient (Wildman–Crippen LogP) is 4.65. The monoisotopic (exact) mass is 354 g/mol. The second-order valence-corrected chi connectivity index (χ2v) is 6.81. The van der Waals surface area contributed by atoms with Gasteiger partial charge in [-0.25, -0.2) is 0 Å². The summed E-state index contributed by atoms with van der Waals surface area (Å²) in [5.41, 5.74) is 1.18. The highest BCUT2D eigenvalue weighted by molar-refractivity contribution is 7.21. The molecule has 24 heavy (non-hydrogen) atoms. The summed E-state index contributed by atoms with van der Waals surface area (Å²) in [4.78, 5) is 28.0. The van der Waals surface area contributed by atoms with Crippen molar-refractivity contribution in [2.75, 3.05) is 5.32 Å². The van der Waals surface area contributed by atoms with Gasteiger partial charge >= 0.3 is 0 Å². The molecule has 2 aromatic heterocycles. The predicted molar refractivity (Wildman–Crippen MR) is 99.4 cm³/mol. The van der Waals surface area contributed by atoms with Crippen LogP contribution in [-0.2, 0) is 0 Å². The standard InChI is InChI=1S/C18H11ClN2O2S/c19-10-4-3-5-11(8-10)20-18(23)15-9-13-16(24-15)12-6-1-2-7-14(12)21-17(13)22/h1-9H,(H,20,23)(H,21,22). The SMILES string of the molecule is O=C(Nc1cccc(Cl)c1)c1cc2c(=O)[nH]c3ccccc3c2s1. The molecule has 6 heteroatoms. The Morgan fingerprint density at radius 2 is 1.88 bits per heavy atom. The van der Waals surface area contributed by atoms with Crippen molar-refractivity contribution in [1.82, 2.24) is 4.98 Å². The van der Waals surface area contributed by atoms with E-state index in [0.717, 1.165) is 15.6 Å². The van der Waals surface area contributed by atoms with Crippen LogP contribution in [0.1, 0.15) is 9.67 Å². The number of hydrogen-bond acceptors (Lipinski definition) is 3. The van der Waals surface area contributed by atoms with Crippen LogP contribution in [0.15, 0.2) is 59.4 Å². The molecule has 1 amide bonds. The van der Waals surface area contributed by atoms with Crippen molar-refractivity contribution >= 4 is 55.5 Å². The average Bonchev–Trinajstić information content (AvgIpc) is 3.01. The number of fused-ring (bicyclic) bond motifs is 3. The molecule has 4 nitrogen and oxygen atoms in total. The van der Waals surface area contributed by atoms with Gasteiger partial charge in [0.1, 0.15) is 0 Å². The molecule has 0 saturated carbocycles.